The molecule has 0 amide bonds. The summed E-state index contributed by atoms with van der Waals surface area (Å²) in [6.07, 6.45) is 8.83. The molecule has 0 unspecified atom stereocenters. The van der Waals surface area contributed by atoms with Gasteiger partial charge in [0.2, 0.25) is 10.0 Å². The van der Waals surface area contributed by atoms with Gasteiger partial charge < -0.3 is 15.4 Å². The molecule has 182 valence electrons. The van der Waals surface area contributed by atoms with E-state index in [0.29, 0.717) is 31.7 Å². The van der Waals surface area contributed by atoms with Crippen LogP contribution in [0.15, 0.2) is 47.8 Å². The van der Waals surface area contributed by atoms with Gasteiger partial charge in [0, 0.05) is 23.9 Å². The number of nitrogens with zero attached hydrogens (tertiary/aromatic N) is 4. The molecule has 0 fully saturated rings. The van der Waals surface area contributed by atoms with Gasteiger partial charge in [-0.25, -0.2) is 28.5 Å². The van der Waals surface area contributed by atoms with E-state index in [4.69, 9.17) is 15.6 Å². The Hall–Kier alpha value is -3.50. The molecule has 35 heavy (non-hydrogen) atoms. The number of fused-ring (bicyclic) bond motifs is 2. The topological polar surface area (TPSA) is 137 Å². The van der Waals surface area contributed by atoms with E-state index in [2.05, 4.69) is 51.9 Å². The van der Waals surface area contributed by atoms with Crippen LogP contribution in [0.4, 0.5) is 11.6 Å². The molecule has 0 saturated heterocycles. The minimum absolute atomic E-state index is 0.0445. The average molecular weight is 493 g/mol. The van der Waals surface area contributed by atoms with Crippen molar-refractivity contribution in [3.63, 3.8) is 0 Å². The minimum atomic E-state index is -3.95. The lowest BCUT2D eigenvalue weighted by atomic mass is 9.81. The second-order valence-corrected chi connectivity index (χ2v) is 11.3. The first-order chi connectivity index (χ1) is 16.6. The summed E-state index contributed by atoms with van der Waals surface area (Å²) in [6.45, 7) is 6.31. The van der Waals surface area contributed by atoms with Crippen molar-refractivity contribution in [2.24, 2.45) is 10.6 Å². The number of pyridine rings is 1. The van der Waals surface area contributed by atoms with Crippen molar-refractivity contribution in [3.05, 3.63) is 70.8 Å². The van der Waals surface area contributed by atoms with Crippen molar-refractivity contribution in [3.8, 4) is 5.75 Å². The molecule has 0 radical (unpaired) electrons. The maximum absolute atomic E-state index is 11.8. The standard InChI is InChI=1S/C25H28N6O3S/c1-25(2)6-5-20-19(12-25)24(30-15-29-20)31-7-8-34-21-4-3-16(10-18(21)14-31)9-17-11-22(35(27,32)33)23(26)28-13-17/h3-6,10-11,13,15H,7-9,12,14H2,1-2H3,(H2,26,28)(H2,27,32,33). The summed E-state index contributed by atoms with van der Waals surface area (Å²) in [5, 5.41) is 5.28. The Labute approximate surface area is 204 Å². The number of nitrogen functional groups attached to an aromatic ring is 1. The Morgan fingerprint density at radius 1 is 1.14 bits per heavy atom. The van der Waals surface area contributed by atoms with Crippen molar-refractivity contribution in [1.29, 1.82) is 0 Å². The van der Waals surface area contributed by atoms with Crippen LogP contribution < -0.4 is 20.5 Å². The second kappa shape index (κ2) is 8.62. The molecule has 2 aromatic heterocycles. The fourth-order valence-electron chi connectivity index (χ4n) is 4.62. The summed E-state index contributed by atoms with van der Waals surface area (Å²) in [6, 6.07) is 7.49. The molecule has 5 rings (SSSR count). The van der Waals surface area contributed by atoms with Crippen LogP contribution >= 0.6 is 0 Å². The van der Waals surface area contributed by atoms with Crippen molar-refractivity contribution in [2.75, 3.05) is 23.8 Å². The van der Waals surface area contributed by atoms with Gasteiger partial charge in [-0.1, -0.05) is 26.0 Å². The van der Waals surface area contributed by atoms with Crippen LogP contribution in [0.2, 0.25) is 0 Å². The van der Waals surface area contributed by atoms with Crippen molar-refractivity contribution in [1.82, 2.24) is 15.0 Å². The Morgan fingerprint density at radius 2 is 1.97 bits per heavy atom. The lowest BCUT2D eigenvalue weighted by Crippen LogP contribution is -2.29. The van der Waals surface area contributed by atoms with Crippen LogP contribution in [0.25, 0.3) is 6.08 Å². The first-order valence-electron chi connectivity index (χ1n) is 11.4. The van der Waals surface area contributed by atoms with E-state index >= 15 is 0 Å². The number of sulfonamides is 1. The predicted molar refractivity (Wildman–Crippen MR) is 134 cm³/mol. The lowest BCUT2D eigenvalue weighted by molar-refractivity contribution is 0.331. The summed E-state index contributed by atoms with van der Waals surface area (Å²) in [5.74, 6) is 1.67. The van der Waals surface area contributed by atoms with E-state index < -0.39 is 10.0 Å². The molecule has 0 atom stereocenters. The first kappa shape index (κ1) is 23.3. The van der Waals surface area contributed by atoms with Crippen LogP contribution in [-0.4, -0.2) is 36.5 Å². The number of hydrogen-bond acceptors (Lipinski definition) is 8. The minimum Gasteiger partial charge on any atom is -0.491 e. The van der Waals surface area contributed by atoms with E-state index in [0.717, 1.165) is 40.4 Å². The zero-order valence-corrected chi connectivity index (χ0v) is 20.5. The number of rotatable bonds is 4. The van der Waals surface area contributed by atoms with Gasteiger partial charge in [0.05, 0.1) is 12.2 Å². The molecule has 3 aromatic rings. The van der Waals surface area contributed by atoms with Gasteiger partial charge in [0.25, 0.3) is 0 Å². The maximum Gasteiger partial charge on any atom is 0.241 e. The lowest BCUT2D eigenvalue weighted by Gasteiger charge is -2.30. The fourth-order valence-corrected chi connectivity index (χ4v) is 5.28. The third-order valence-electron chi connectivity index (χ3n) is 6.34. The molecular formula is C25H28N6O3S. The molecular weight excluding hydrogens is 464 g/mol. The zero-order chi connectivity index (χ0) is 24.8. The predicted octanol–water partition coefficient (Wildman–Crippen LogP) is 2.69. The van der Waals surface area contributed by atoms with Gasteiger partial charge in [-0.2, -0.15) is 0 Å². The number of benzene rings is 1. The highest BCUT2D eigenvalue weighted by atomic mass is 32.2. The molecule has 4 N–H and O–H groups in total. The SMILES string of the molecule is CC1(C)C=Cc2ncnc(N3CCOc4ccc(Cc5cnc(N)c(S(N)(=O)=O)c5)cc4C3)c2C1. The number of hydrogen-bond donors (Lipinski definition) is 2. The normalized spacial score (nSPS) is 16.7. The van der Waals surface area contributed by atoms with Crippen LogP contribution in [0, 0.1) is 5.41 Å². The van der Waals surface area contributed by atoms with Crippen molar-refractivity contribution >= 4 is 27.7 Å². The van der Waals surface area contributed by atoms with Crippen LogP contribution in [0.5, 0.6) is 5.75 Å². The second-order valence-electron chi connectivity index (χ2n) is 9.72. The number of anilines is 2. The third-order valence-corrected chi connectivity index (χ3v) is 7.28. The van der Waals surface area contributed by atoms with Gasteiger partial charge in [0.15, 0.2) is 0 Å². The van der Waals surface area contributed by atoms with Crippen LogP contribution in [0.3, 0.4) is 0 Å². The fraction of sp³-hybridized carbons (Fsp3) is 0.320. The molecule has 0 bridgehead atoms. The molecule has 0 spiro atoms. The number of nitrogens with two attached hydrogens (primary N) is 2. The number of ether oxygens (including phenoxy) is 1. The molecule has 3 heterocycles. The summed E-state index contributed by atoms with van der Waals surface area (Å²) in [7, 11) is -3.95. The van der Waals surface area contributed by atoms with E-state index in [1.165, 1.54) is 6.07 Å². The highest BCUT2D eigenvalue weighted by Gasteiger charge is 2.27. The van der Waals surface area contributed by atoms with Crippen LogP contribution in [0.1, 0.15) is 41.8 Å². The largest absolute Gasteiger partial charge is 0.491 e. The summed E-state index contributed by atoms with van der Waals surface area (Å²) in [5.41, 5.74) is 10.6. The van der Waals surface area contributed by atoms with Gasteiger partial charge in [-0.3, -0.25) is 0 Å². The van der Waals surface area contributed by atoms with Gasteiger partial charge in [-0.15, -0.1) is 0 Å². The van der Waals surface area contributed by atoms with E-state index in [1.807, 2.05) is 12.1 Å². The summed E-state index contributed by atoms with van der Waals surface area (Å²) in [4.78, 5) is 15.2. The van der Waals surface area contributed by atoms with Crippen LogP contribution in [-0.2, 0) is 29.4 Å². The average Bonchev–Trinajstić information content (AvgIpc) is 3.00. The van der Waals surface area contributed by atoms with Crippen molar-refractivity contribution < 1.29 is 13.2 Å². The first-order valence-corrected chi connectivity index (χ1v) is 12.9. The Balaban J connectivity index is 1.44. The third kappa shape index (κ3) is 4.85. The summed E-state index contributed by atoms with van der Waals surface area (Å²) >= 11 is 0. The Kier molecular flexibility index (Phi) is 5.72. The molecule has 0 saturated carbocycles. The molecule has 1 aliphatic heterocycles. The Morgan fingerprint density at radius 3 is 2.77 bits per heavy atom. The van der Waals surface area contributed by atoms with E-state index in [-0.39, 0.29) is 16.1 Å². The van der Waals surface area contributed by atoms with E-state index in [9.17, 15) is 8.42 Å². The maximum atomic E-state index is 11.8. The number of aromatic nitrogens is 3. The van der Waals surface area contributed by atoms with Gasteiger partial charge in [-0.05, 0) is 53.7 Å². The number of primary sulfonamides is 1. The number of allylic oxidation sites excluding steroid dienone is 1. The molecule has 1 aromatic carbocycles. The molecule has 10 heteroatoms. The van der Waals surface area contributed by atoms with Crippen molar-refractivity contribution in [2.45, 2.75) is 38.1 Å². The smallest absolute Gasteiger partial charge is 0.241 e. The Bertz CT molecular complexity index is 1440. The highest BCUT2D eigenvalue weighted by Crippen LogP contribution is 2.36. The quantitative estimate of drug-likeness (QED) is 0.567. The van der Waals surface area contributed by atoms with E-state index in [1.54, 1.807) is 12.5 Å². The monoisotopic (exact) mass is 492 g/mol. The summed E-state index contributed by atoms with van der Waals surface area (Å²) < 4.78 is 29.7. The molecule has 1 aliphatic carbocycles. The molecule has 9 nitrogen and oxygen atoms in total. The van der Waals surface area contributed by atoms with Gasteiger partial charge >= 0.3 is 0 Å². The zero-order valence-electron chi connectivity index (χ0n) is 19.7. The highest BCUT2D eigenvalue weighted by molar-refractivity contribution is 7.89. The van der Waals surface area contributed by atoms with Gasteiger partial charge in [0.1, 0.15) is 35.2 Å². The molecule has 2 aliphatic rings.